The van der Waals surface area contributed by atoms with Crippen molar-refractivity contribution < 1.29 is 31.0 Å². The van der Waals surface area contributed by atoms with Crippen LogP contribution in [-0.2, 0) is 13.0 Å². The van der Waals surface area contributed by atoms with Gasteiger partial charge in [-0.05, 0) is 36.7 Å². The summed E-state index contributed by atoms with van der Waals surface area (Å²) >= 11 is 8.16. The Bertz CT molecular complexity index is 611. The Morgan fingerprint density at radius 2 is 2.22 bits per heavy atom. The van der Waals surface area contributed by atoms with Gasteiger partial charge in [0.15, 0.2) is 0 Å². The fraction of sp³-hybridized carbons (Fsp3) is 0.286. The average molecular weight is 288 g/mol. The standard InChI is InChI=1S/C14H14ClNS.Na.H/c1-3-12-10-8-16(2)7-6-9-11(15)4-5-13(17-12)14(9)10;;/h3-5H,1,6-8H2,2H3;;/q;+1;-1. The number of hydrogen-bond acceptors (Lipinski definition) is 2. The Morgan fingerprint density at radius 1 is 1.44 bits per heavy atom. The number of thiophene rings is 1. The first-order chi connectivity index (χ1) is 8.20. The van der Waals surface area contributed by atoms with E-state index < -0.39 is 0 Å². The van der Waals surface area contributed by atoms with E-state index in [-0.39, 0.29) is 31.0 Å². The molecule has 0 spiro atoms. The molecule has 2 aromatic rings. The predicted octanol–water partition coefficient (Wildman–Crippen LogP) is 1.30. The molecule has 0 aliphatic carbocycles. The summed E-state index contributed by atoms with van der Waals surface area (Å²) in [5.74, 6) is 0. The molecule has 90 valence electrons. The van der Waals surface area contributed by atoms with Gasteiger partial charge < -0.3 is 6.33 Å². The molecule has 0 bridgehead atoms. The van der Waals surface area contributed by atoms with E-state index in [0.29, 0.717) is 0 Å². The SMILES string of the molecule is C=Cc1sc2ccc(Cl)c3c2c1CN(C)CC3.[H-].[Na+]. The maximum absolute atomic E-state index is 6.34. The number of nitrogens with zero attached hydrogens (tertiary/aromatic N) is 1. The van der Waals surface area contributed by atoms with Gasteiger partial charge in [0.2, 0.25) is 0 Å². The summed E-state index contributed by atoms with van der Waals surface area (Å²) in [6, 6.07) is 4.16. The molecule has 0 N–H and O–H groups in total. The molecule has 1 nitrogen and oxygen atoms in total. The molecule has 1 aromatic heterocycles. The molecule has 0 saturated carbocycles. The molecule has 1 aliphatic heterocycles. The molecule has 0 unspecified atom stereocenters. The van der Waals surface area contributed by atoms with Crippen molar-refractivity contribution >= 4 is 39.1 Å². The van der Waals surface area contributed by atoms with Crippen LogP contribution in [0.2, 0.25) is 5.02 Å². The quantitative estimate of drug-likeness (QED) is 0.715. The molecule has 1 aliphatic rings. The minimum absolute atomic E-state index is 0. The first-order valence-electron chi connectivity index (χ1n) is 5.74. The summed E-state index contributed by atoms with van der Waals surface area (Å²) in [7, 11) is 2.16. The second-order valence-electron chi connectivity index (χ2n) is 4.54. The molecule has 18 heavy (non-hydrogen) atoms. The Hall–Kier alpha value is 0.170. The topological polar surface area (TPSA) is 3.24 Å². The van der Waals surface area contributed by atoms with Gasteiger partial charge in [0.05, 0.1) is 0 Å². The Kier molecular flexibility index (Phi) is 4.58. The van der Waals surface area contributed by atoms with Crippen LogP contribution in [0.5, 0.6) is 0 Å². The molecule has 3 rings (SSSR count). The van der Waals surface area contributed by atoms with Crippen molar-refractivity contribution in [1.29, 1.82) is 0 Å². The van der Waals surface area contributed by atoms with E-state index in [2.05, 4.69) is 24.6 Å². The summed E-state index contributed by atoms with van der Waals surface area (Å²) in [6.45, 7) is 5.98. The van der Waals surface area contributed by atoms with Crippen LogP contribution < -0.4 is 29.6 Å². The van der Waals surface area contributed by atoms with Gasteiger partial charge in [0.25, 0.3) is 0 Å². The van der Waals surface area contributed by atoms with E-state index in [1.54, 1.807) is 0 Å². The van der Waals surface area contributed by atoms with Gasteiger partial charge in [0, 0.05) is 33.1 Å². The van der Waals surface area contributed by atoms with E-state index in [9.17, 15) is 0 Å². The molecule has 4 heteroatoms. The Labute approximate surface area is 140 Å². The fourth-order valence-corrected chi connectivity index (χ4v) is 3.88. The van der Waals surface area contributed by atoms with Crippen LogP contribution in [0.25, 0.3) is 16.2 Å². The van der Waals surface area contributed by atoms with E-state index in [1.807, 2.05) is 23.5 Å². The van der Waals surface area contributed by atoms with Crippen molar-refractivity contribution in [3.8, 4) is 0 Å². The molecule has 1 aromatic carbocycles. The van der Waals surface area contributed by atoms with Gasteiger partial charge in [-0.3, -0.25) is 0 Å². The number of halogens is 1. The van der Waals surface area contributed by atoms with E-state index >= 15 is 0 Å². The largest absolute Gasteiger partial charge is 1.00 e. The van der Waals surface area contributed by atoms with Crippen LogP contribution in [0.3, 0.4) is 0 Å². The predicted molar refractivity (Wildman–Crippen MR) is 78.1 cm³/mol. The second-order valence-corrected chi connectivity index (χ2v) is 6.03. The van der Waals surface area contributed by atoms with E-state index in [4.69, 9.17) is 11.6 Å². The summed E-state index contributed by atoms with van der Waals surface area (Å²) < 4.78 is 1.34. The molecule has 0 amide bonds. The van der Waals surface area contributed by atoms with Gasteiger partial charge in [-0.2, -0.15) is 0 Å². The normalized spacial score (nSPS) is 15.2. The summed E-state index contributed by atoms with van der Waals surface area (Å²) in [5, 5.41) is 2.28. The van der Waals surface area contributed by atoms with Gasteiger partial charge in [-0.25, -0.2) is 0 Å². The molecule has 0 atom stereocenters. The van der Waals surface area contributed by atoms with Crippen LogP contribution in [0.15, 0.2) is 18.7 Å². The van der Waals surface area contributed by atoms with E-state index in [1.165, 1.54) is 26.1 Å². The zero-order valence-electron chi connectivity index (χ0n) is 11.8. The Balaban J connectivity index is 0.000000902. The third kappa shape index (κ3) is 2.31. The van der Waals surface area contributed by atoms with Crippen molar-refractivity contribution in [2.45, 2.75) is 13.0 Å². The van der Waals surface area contributed by atoms with Crippen LogP contribution in [0, 0.1) is 0 Å². The van der Waals surface area contributed by atoms with Crippen LogP contribution in [-0.4, -0.2) is 18.5 Å². The van der Waals surface area contributed by atoms with Gasteiger partial charge in [-0.1, -0.05) is 24.3 Å². The van der Waals surface area contributed by atoms with Crippen molar-refractivity contribution in [3.05, 3.63) is 39.7 Å². The van der Waals surface area contributed by atoms with Gasteiger partial charge >= 0.3 is 29.6 Å². The van der Waals surface area contributed by atoms with Gasteiger partial charge in [-0.15, -0.1) is 11.3 Å². The van der Waals surface area contributed by atoms with Crippen LogP contribution in [0.1, 0.15) is 17.4 Å². The average Bonchev–Trinajstić information content (AvgIpc) is 2.56. The molecule has 0 radical (unpaired) electrons. The number of hydrogen-bond donors (Lipinski definition) is 0. The second kappa shape index (κ2) is 5.66. The molecular formula is C14H15ClNNaS. The summed E-state index contributed by atoms with van der Waals surface area (Å²) in [5.41, 5.74) is 2.71. The third-order valence-electron chi connectivity index (χ3n) is 3.39. The van der Waals surface area contributed by atoms with Crippen molar-refractivity contribution in [2.24, 2.45) is 0 Å². The van der Waals surface area contributed by atoms with Crippen LogP contribution >= 0.6 is 22.9 Å². The molecular weight excluding hydrogens is 273 g/mol. The first kappa shape index (κ1) is 14.6. The minimum Gasteiger partial charge on any atom is -1.00 e. The summed E-state index contributed by atoms with van der Waals surface area (Å²) in [4.78, 5) is 3.64. The zero-order valence-corrected chi connectivity index (χ0v) is 14.4. The minimum atomic E-state index is 0. The third-order valence-corrected chi connectivity index (χ3v) is 4.94. The number of benzene rings is 1. The molecule has 0 fully saturated rings. The fourth-order valence-electron chi connectivity index (χ4n) is 2.54. The zero-order chi connectivity index (χ0) is 12.0. The number of likely N-dealkylation sites (N-methyl/N-ethyl adjacent to an activating group) is 1. The first-order valence-corrected chi connectivity index (χ1v) is 6.94. The van der Waals surface area contributed by atoms with Crippen molar-refractivity contribution in [3.63, 3.8) is 0 Å². The monoisotopic (exact) mass is 287 g/mol. The Morgan fingerprint density at radius 3 is 2.94 bits per heavy atom. The van der Waals surface area contributed by atoms with Crippen molar-refractivity contribution in [2.75, 3.05) is 13.6 Å². The maximum Gasteiger partial charge on any atom is 1.00 e. The molecule has 2 heterocycles. The van der Waals surface area contributed by atoms with E-state index in [0.717, 1.165) is 24.5 Å². The van der Waals surface area contributed by atoms with Crippen LogP contribution in [0.4, 0.5) is 0 Å². The number of rotatable bonds is 1. The smallest absolute Gasteiger partial charge is 1.00 e. The maximum atomic E-state index is 6.34. The van der Waals surface area contributed by atoms with Crippen molar-refractivity contribution in [1.82, 2.24) is 4.90 Å². The molecule has 0 saturated heterocycles. The van der Waals surface area contributed by atoms with Gasteiger partial charge in [0.1, 0.15) is 0 Å². The summed E-state index contributed by atoms with van der Waals surface area (Å²) in [6.07, 6.45) is 3.00.